The number of alkyl halides is 3. The highest BCUT2D eigenvalue weighted by Crippen LogP contribution is 2.35. The van der Waals surface area contributed by atoms with Crippen LogP contribution >= 0.6 is 0 Å². The van der Waals surface area contributed by atoms with Gasteiger partial charge in [0.1, 0.15) is 12.1 Å². The second kappa shape index (κ2) is 7.13. The molecular formula is C16H20F3NO2. The van der Waals surface area contributed by atoms with E-state index in [0.717, 1.165) is 19.3 Å². The van der Waals surface area contributed by atoms with E-state index in [1.54, 1.807) is 6.07 Å². The van der Waals surface area contributed by atoms with E-state index in [-0.39, 0.29) is 11.5 Å². The van der Waals surface area contributed by atoms with Gasteiger partial charge in [-0.1, -0.05) is 49.6 Å². The molecule has 1 aliphatic carbocycles. The summed E-state index contributed by atoms with van der Waals surface area (Å²) in [7, 11) is 0. The molecule has 2 atom stereocenters. The maximum atomic E-state index is 13.3. The number of aliphatic carboxylic acids is 1. The number of rotatable bonds is 5. The number of nitrogens with one attached hydrogen (secondary N) is 1. The van der Waals surface area contributed by atoms with Gasteiger partial charge in [-0.05, 0) is 24.3 Å². The van der Waals surface area contributed by atoms with E-state index in [1.165, 1.54) is 24.3 Å². The minimum atomic E-state index is -4.54. The molecule has 2 rings (SSSR count). The first-order chi connectivity index (χ1) is 10.4. The number of carboxylic acids is 1. The molecule has 0 spiro atoms. The van der Waals surface area contributed by atoms with Gasteiger partial charge in [0.15, 0.2) is 0 Å². The van der Waals surface area contributed by atoms with Gasteiger partial charge in [-0.15, -0.1) is 0 Å². The molecule has 6 heteroatoms. The number of benzene rings is 1. The van der Waals surface area contributed by atoms with Crippen molar-refractivity contribution in [3.8, 4) is 0 Å². The van der Waals surface area contributed by atoms with E-state index in [1.807, 2.05) is 0 Å². The summed E-state index contributed by atoms with van der Waals surface area (Å²) in [5.41, 5.74) is 0.0389. The molecule has 0 unspecified atom stereocenters. The van der Waals surface area contributed by atoms with E-state index in [2.05, 4.69) is 5.32 Å². The second-order valence-electron chi connectivity index (χ2n) is 5.77. The number of carbonyl (C=O) groups is 1. The van der Waals surface area contributed by atoms with Crippen LogP contribution in [-0.4, -0.2) is 23.3 Å². The van der Waals surface area contributed by atoms with Crippen molar-refractivity contribution in [1.82, 2.24) is 5.32 Å². The Labute approximate surface area is 127 Å². The highest BCUT2D eigenvalue weighted by Gasteiger charge is 2.44. The number of hydrogen-bond donors (Lipinski definition) is 2. The molecule has 1 aromatic carbocycles. The Bertz CT molecular complexity index is 484. The third-order valence-corrected chi connectivity index (χ3v) is 4.19. The lowest BCUT2D eigenvalue weighted by molar-refractivity contribution is -0.165. The van der Waals surface area contributed by atoms with E-state index < -0.39 is 24.2 Å². The molecule has 22 heavy (non-hydrogen) atoms. The Morgan fingerprint density at radius 3 is 2.23 bits per heavy atom. The van der Waals surface area contributed by atoms with Gasteiger partial charge in [-0.25, -0.2) is 0 Å². The van der Waals surface area contributed by atoms with Crippen molar-refractivity contribution in [2.24, 2.45) is 5.92 Å². The fraction of sp³-hybridized carbons (Fsp3) is 0.562. The molecule has 0 heterocycles. The molecule has 122 valence electrons. The Morgan fingerprint density at radius 2 is 1.73 bits per heavy atom. The molecule has 3 nitrogen and oxygen atoms in total. The second-order valence-corrected chi connectivity index (χ2v) is 5.77. The lowest BCUT2D eigenvalue weighted by atomic mass is 9.83. The summed E-state index contributed by atoms with van der Waals surface area (Å²) in [5, 5.41) is 11.7. The van der Waals surface area contributed by atoms with Crippen molar-refractivity contribution in [1.29, 1.82) is 0 Å². The zero-order valence-corrected chi connectivity index (χ0v) is 12.1. The lowest BCUT2D eigenvalue weighted by Gasteiger charge is -2.32. The van der Waals surface area contributed by atoms with Crippen LogP contribution in [0.15, 0.2) is 30.3 Å². The molecule has 0 amide bonds. The number of halogens is 3. The molecule has 0 saturated heterocycles. The average molecular weight is 315 g/mol. The van der Waals surface area contributed by atoms with Crippen LogP contribution < -0.4 is 5.32 Å². The first-order valence-electron chi connectivity index (χ1n) is 7.50. The van der Waals surface area contributed by atoms with Crippen molar-refractivity contribution in [3.63, 3.8) is 0 Å². The van der Waals surface area contributed by atoms with Crippen LogP contribution in [0.25, 0.3) is 0 Å². The van der Waals surface area contributed by atoms with Crippen LogP contribution in [0, 0.1) is 5.92 Å². The van der Waals surface area contributed by atoms with Crippen LogP contribution in [0.1, 0.15) is 43.7 Å². The molecule has 1 saturated carbocycles. The van der Waals surface area contributed by atoms with Crippen molar-refractivity contribution < 1.29 is 23.1 Å². The van der Waals surface area contributed by atoms with Gasteiger partial charge >= 0.3 is 12.1 Å². The monoisotopic (exact) mass is 315 g/mol. The standard InChI is InChI=1S/C16H20F3NO2/c17-16(18,19)14(12-9-5-2-6-10-12)20-13(15(21)22)11-7-3-1-4-8-11/h2,5-6,9-11,13-14,20H,1,3-4,7-8H2,(H,21,22)/t13-,14-/m0/s1. The zero-order chi connectivity index (χ0) is 16.2. The van der Waals surface area contributed by atoms with Gasteiger partial charge in [-0.2, -0.15) is 13.2 Å². The van der Waals surface area contributed by atoms with E-state index in [4.69, 9.17) is 0 Å². The van der Waals surface area contributed by atoms with Gasteiger partial charge < -0.3 is 5.11 Å². The van der Waals surface area contributed by atoms with Gasteiger partial charge in [0.25, 0.3) is 0 Å². The molecule has 2 N–H and O–H groups in total. The Balaban J connectivity index is 2.21. The van der Waals surface area contributed by atoms with Crippen molar-refractivity contribution in [2.75, 3.05) is 0 Å². The summed E-state index contributed by atoms with van der Waals surface area (Å²) < 4.78 is 40.0. The molecule has 1 aliphatic rings. The first kappa shape index (κ1) is 16.8. The van der Waals surface area contributed by atoms with Gasteiger partial charge in [0, 0.05) is 0 Å². The third kappa shape index (κ3) is 4.22. The van der Waals surface area contributed by atoms with Gasteiger partial charge in [-0.3, -0.25) is 10.1 Å². The minimum absolute atomic E-state index is 0.0389. The lowest BCUT2D eigenvalue weighted by Crippen LogP contribution is -2.49. The summed E-state index contributed by atoms with van der Waals surface area (Å²) in [5.74, 6) is -1.46. The Morgan fingerprint density at radius 1 is 1.14 bits per heavy atom. The SMILES string of the molecule is O=C(O)[C@@H](N[C@@H](c1ccccc1)C(F)(F)F)C1CCCCC1. The molecular weight excluding hydrogens is 295 g/mol. The van der Waals surface area contributed by atoms with Crippen LogP contribution in [0.5, 0.6) is 0 Å². The molecule has 0 aliphatic heterocycles. The van der Waals surface area contributed by atoms with Crippen molar-refractivity contribution in [3.05, 3.63) is 35.9 Å². The quantitative estimate of drug-likeness (QED) is 0.866. The predicted octanol–water partition coefficient (Wildman–Crippen LogP) is 3.91. The van der Waals surface area contributed by atoms with E-state index >= 15 is 0 Å². The molecule has 0 aromatic heterocycles. The van der Waals surface area contributed by atoms with E-state index in [0.29, 0.717) is 12.8 Å². The summed E-state index contributed by atoms with van der Waals surface area (Å²) in [4.78, 5) is 11.5. The fourth-order valence-electron chi connectivity index (χ4n) is 3.08. The molecule has 0 radical (unpaired) electrons. The minimum Gasteiger partial charge on any atom is -0.480 e. The summed E-state index contributed by atoms with van der Waals surface area (Å²) in [6.07, 6.45) is -0.461. The van der Waals surface area contributed by atoms with Crippen LogP contribution in [-0.2, 0) is 4.79 Å². The smallest absolute Gasteiger partial charge is 0.407 e. The molecule has 1 fully saturated rings. The zero-order valence-electron chi connectivity index (χ0n) is 12.1. The average Bonchev–Trinajstić information content (AvgIpc) is 2.48. The fourth-order valence-corrected chi connectivity index (χ4v) is 3.08. The van der Waals surface area contributed by atoms with Crippen molar-refractivity contribution in [2.45, 2.75) is 50.4 Å². The third-order valence-electron chi connectivity index (χ3n) is 4.19. The van der Waals surface area contributed by atoms with Crippen LogP contribution in [0.2, 0.25) is 0 Å². The van der Waals surface area contributed by atoms with Crippen molar-refractivity contribution >= 4 is 5.97 Å². The Hall–Kier alpha value is -1.56. The maximum Gasteiger partial charge on any atom is 0.407 e. The molecule has 1 aromatic rings. The van der Waals surface area contributed by atoms with Gasteiger partial charge in [0.05, 0.1) is 0 Å². The number of carboxylic acid groups (broad SMARTS) is 1. The summed E-state index contributed by atoms with van der Waals surface area (Å²) in [6.45, 7) is 0. The summed E-state index contributed by atoms with van der Waals surface area (Å²) in [6, 6.07) is 4.27. The van der Waals surface area contributed by atoms with E-state index in [9.17, 15) is 23.1 Å². The largest absolute Gasteiger partial charge is 0.480 e. The maximum absolute atomic E-state index is 13.3. The highest BCUT2D eigenvalue weighted by molar-refractivity contribution is 5.74. The first-order valence-corrected chi connectivity index (χ1v) is 7.50. The summed E-state index contributed by atoms with van der Waals surface area (Å²) >= 11 is 0. The number of hydrogen-bond acceptors (Lipinski definition) is 2. The highest BCUT2D eigenvalue weighted by atomic mass is 19.4. The predicted molar refractivity (Wildman–Crippen MR) is 76.4 cm³/mol. The topological polar surface area (TPSA) is 49.3 Å². The van der Waals surface area contributed by atoms with Gasteiger partial charge in [0.2, 0.25) is 0 Å². The van der Waals surface area contributed by atoms with Crippen LogP contribution in [0.3, 0.4) is 0 Å². The van der Waals surface area contributed by atoms with Crippen LogP contribution in [0.4, 0.5) is 13.2 Å². The molecule has 0 bridgehead atoms. The Kier molecular flexibility index (Phi) is 5.45. The normalized spacial score (nSPS) is 19.6.